The van der Waals surface area contributed by atoms with Gasteiger partial charge in [-0.15, -0.1) is 11.8 Å². The number of carbonyl (C=O) groups excluding carboxylic acids is 1. The highest BCUT2D eigenvalue weighted by molar-refractivity contribution is 8.00. The maximum Gasteiger partial charge on any atom is 0.234 e. The summed E-state index contributed by atoms with van der Waals surface area (Å²) in [5, 5.41) is 12.5. The van der Waals surface area contributed by atoms with Gasteiger partial charge in [-0.1, -0.05) is 23.9 Å². The Bertz CT molecular complexity index is 1160. The number of nitrogens with one attached hydrogen (secondary N) is 1. The van der Waals surface area contributed by atoms with E-state index in [1.807, 2.05) is 48.7 Å². The van der Waals surface area contributed by atoms with Crippen LogP contribution in [0.5, 0.6) is 11.5 Å². The largest absolute Gasteiger partial charge is 0.486 e. The molecule has 1 aliphatic heterocycles. The molecule has 0 spiro atoms. The molecule has 9 heteroatoms. The third-order valence-corrected chi connectivity index (χ3v) is 6.69. The molecule has 0 fully saturated rings. The van der Waals surface area contributed by atoms with Crippen molar-refractivity contribution in [2.75, 3.05) is 30.0 Å². The van der Waals surface area contributed by atoms with Crippen LogP contribution in [0.3, 0.4) is 0 Å². The van der Waals surface area contributed by atoms with E-state index in [2.05, 4.69) is 27.9 Å². The highest BCUT2D eigenvalue weighted by Crippen LogP contribution is 2.35. The number of aromatic nitrogens is 2. The minimum Gasteiger partial charge on any atom is -0.486 e. The summed E-state index contributed by atoms with van der Waals surface area (Å²) in [5.74, 6) is 1.93. The zero-order chi connectivity index (χ0) is 22.3. The number of rotatable bonds is 8. The van der Waals surface area contributed by atoms with E-state index in [9.17, 15) is 4.79 Å². The Labute approximate surface area is 195 Å². The monoisotopic (exact) mass is 466 g/mol. The molecule has 0 saturated carbocycles. The van der Waals surface area contributed by atoms with E-state index in [-0.39, 0.29) is 11.7 Å². The summed E-state index contributed by atoms with van der Waals surface area (Å²) in [5.41, 5.74) is 2.67. The fraction of sp³-hybridized carbons (Fsp3) is 0.261. The molecule has 0 aliphatic carbocycles. The topological polar surface area (TPSA) is 89.2 Å². The van der Waals surface area contributed by atoms with Crippen LogP contribution in [0.15, 0.2) is 58.7 Å². The van der Waals surface area contributed by atoms with Gasteiger partial charge in [0.15, 0.2) is 16.7 Å². The quantitative estimate of drug-likeness (QED) is 0.482. The standard InChI is InChI=1S/C23H22N4O3S2/c1-2-27-18(16-7-8-19-20(13-16)30-11-10-29-19)14-25-23(27)32-15-22(28)26-17-5-3-4-6-21(17)31-12-9-24/h3-8,13-14H,2,10-12,15H2,1H3,(H,26,28). The first kappa shape index (κ1) is 22.1. The maximum atomic E-state index is 12.6. The predicted molar refractivity (Wildman–Crippen MR) is 126 cm³/mol. The number of fused-ring (bicyclic) bond motifs is 1. The number of amides is 1. The lowest BCUT2D eigenvalue weighted by Crippen LogP contribution is -2.15. The average Bonchev–Trinajstić information content (AvgIpc) is 3.25. The van der Waals surface area contributed by atoms with Crippen LogP contribution in [0.2, 0.25) is 0 Å². The minimum atomic E-state index is -0.119. The number of hydrogen-bond donors (Lipinski definition) is 1. The molecule has 0 atom stereocenters. The zero-order valence-electron chi connectivity index (χ0n) is 17.5. The fourth-order valence-corrected chi connectivity index (χ4v) is 4.85. The maximum absolute atomic E-state index is 12.6. The molecule has 164 valence electrons. The summed E-state index contributed by atoms with van der Waals surface area (Å²) in [6, 6.07) is 15.5. The summed E-state index contributed by atoms with van der Waals surface area (Å²) in [6.07, 6.45) is 1.82. The van der Waals surface area contributed by atoms with Crippen molar-refractivity contribution in [1.29, 1.82) is 5.26 Å². The molecule has 2 heterocycles. The first-order valence-electron chi connectivity index (χ1n) is 10.2. The third-order valence-electron chi connectivity index (χ3n) is 4.76. The molecule has 1 N–H and O–H groups in total. The molecule has 32 heavy (non-hydrogen) atoms. The number of anilines is 1. The summed E-state index contributed by atoms with van der Waals surface area (Å²) in [6.45, 7) is 3.87. The highest BCUT2D eigenvalue weighted by atomic mass is 32.2. The van der Waals surface area contributed by atoms with E-state index in [1.54, 1.807) is 0 Å². The van der Waals surface area contributed by atoms with Crippen LogP contribution in [0, 0.1) is 11.3 Å². The lowest BCUT2D eigenvalue weighted by Gasteiger charge is -2.19. The average molecular weight is 467 g/mol. The van der Waals surface area contributed by atoms with Gasteiger partial charge in [0.05, 0.1) is 35.2 Å². The van der Waals surface area contributed by atoms with Crippen LogP contribution >= 0.6 is 23.5 Å². The Morgan fingerprint density at radius 1 is 1.19 bits per heavy atom. The van der Waals surface area contributed by atoms with Gasteiger partial charge < -0.3 is 19.4 Å². The van der Waals surface area contributed by atoms with Crippen molar-refractivity contribution in [2.45, 2.75) is 23.5 Å². The molecule has 0 unspecified atom stereocenters. The molecule has 1 aliphatic rings. The number of para-hydroxylation sites is 1. The van der Waals surface area contributed by atoms with E-state index in [0.717, 1.165) is 39.4 Å². The van der Waals surface area contributed by atoms with Crippen molar-refractivity contribution in [1.82, 2.24) is 9.55 Å². The van der Waals surface area contributed by atoms with Crippen LogP contribution in [-0.2, 0) is 11.3 Å². The fourth-order valence-electron chi connectivity index (χ4n) is 3.33. The summed E-state index contributed by atoms with van der Waals surface area (Å²) >= 11 is 2.79. The van der Waals surface area contributed by atoms with Gasteiger partial charge >= 0.3 is 0 Å². The van der Waals surface area contributed by atoms with Gasteiger partial charge in [-0.05, 0) is 37.3 Å². The molecular formula is C23H22N4O3S2. The van der Waals surface area contributed by atoms with Crippen LogP contribution in [0.1, 0.15) is 6.92 Å². The number of ether oxygens (including phenoxy) is 2. The Balaban J connectivity index is 1.44. The predicted octanol–water partition coefficient (Wildman–Crippen LogP) is 4.69. The number of nitrogens with zero attached hydrogens (tertiary/aromatic N) is 3. The van der Waals surface area contributed by atoms with Crippen molar-refractivity contribution in [3.63, 3.8) is 0 Å². The third kappa shape index (κ3) is 5.03. The van der Waals surface area contributed by atoms with Crippen LogP contribution < -0.4 is 14.8 Å². The number of thioether (sulfide) groups is 2. The van der Waals surface area contributed by atoms with Crippen molar-refractivity contribution in [2.24, 2.45) is 0 Å². The van der Waals surface area contributed by atoms with Gasteiger partial charge in [-0.25, -0.2) is 4.98 Å². The second-order valence-corrected chi connectivity index (χ2v) is 8.77. The number of benzene rings is 2. The molecule has 3 aromatic rings. The molecule has 0 saturated heterocycles. The molecule has 1 aromatic heterocycles. The Morgan fingerprint density at radius 3 is 2.81 bits per heavy atom. The number of carbonyl (C=O) groups is 1. The Hall–Kier alpha value is -3.09. The van der Waals surface area contributed by atoms with Gasteiger partial charge in [-0.2, -0.15) is 5.26 Å². The smallest absolute Gasteiger partial charge is 0.234 e. The van der Waals surface area contributed by atoms with Crippen LogP contribution in [0.4, 0.5) is 5.69 Å². The SMILES string of the molecule is CCn1c(-c2ccc3c(c2)OCCO3)cnc1SCC(=O)Nc1ccccc1SCC#N. The highest BCUT2D eigenvalue weighted by Gasteiger charge is 2.17. The van der Waals surface area contributed by atoms with Crippen molar-refractivity contribution in [3.05, 3.63) is 48.7 Å². The second kappa shape index (κ2) is 10.5. The lowest BCUT2D eigenvalue weighted by molar-refractivity contribution is -0.113. The van der Waals surface area contributed by atoms with E-state index in [4.69, 9.17) is 14.7 Å². The molecule has 0 radical (unpaired) electrons. The molecule has 1 amide bonds. The Morgan fingerprint density at radius 2 is 2.00 bits per heavy atom. The van der Waals surface area contributed by atoms with E-state index >= 15 is 0 Å². The van der Waals surface area contributed by atoms with Gasteiger partial charge in [0, 0.05) is 17.0 Å². The van der Waals surface area contributed by atoms with Gasteiger partial charge in [0.1, 0.15) is 13.2 Å². The van der Waals surface area contributed by atoms with E-state index in [0.29, 0.717) is 24.7 Å². The molecule has 4 rings (SSSR count). The summed E-state index contributed by atoms with van der Waals surface area (Å²) in [7, 11) is 0. The first-order valence-corrected chi connectivity index (χ1v) is 12.1. The molecule has 7 nitrogen and oxygen atoms in total. The van der Waals surface area contributed by atoms with Crippen molar-refractivity contribution in [3.8, 4) is 28.8 Å². The second-order valence-electron chi connectivity index (χ2n) is 6.81. The summed E-state index contributed by atoms with van der Waals surface area (Å²) < 4.78 is 13.4. The lowest BCUT2D eigenvalue weighted by atomic mass is 10.1. The van der Waals surface area contributed by atoms with E-state index in [1.165, 1.54) is 23.5 Å². The Kier molecular flexibility index (Phi) is 7.24. The zero-order valence-corrected chi connectivity index (χ0v) is 19.2. The number of nitriles is 1. The van der Waals surface area contributed by atoms with E-state index < -0.39 is 0 Å². The normalized spacial score (nSPS) is 12.2. The molecule has 2 aromatic carbocycles. The molecule has 0 bridgehead atoms. The minimum absolute atomic E-state index is 0.119. The van der Waals surface area contributed by atoms with Crippen LogP contribution in [0.25, 0.3) is 11.3 Å². The first-order chi connectivity index (χ1) is 15.7. The molecular weight excluding hydrogens is 444 g/mol. The summed E-state index contributed by atoms with van der Waals surface area (Å²) in [4.78, 5) is 18.0. The van der Waals surface area contributed by atoms with Crippen molar-refractivity contribution < 1.29 is 14.3 Å². The number of imidazole rings is 1. The van der Waals surface area contributed by atoms with Crippen molar-refractivity contribution >= 4 is 35.1 Å². The van der Waals surface area contributed by atoms with Gasteiger partial charge in [-0.3, -0.25) is 4.79 Å². The van der Waals surface area contributed by atoms with Gasteiger partial charge in [0.2, 0.25) is 5.91 Å². The van der Waals surface area contributed by atoms with Gasteiger partial charge in [0.25, 0.3) is 0 Å². The van der Waals surface area contributed by atoms with Crippen LogP contribution in [-0.4, -0.2) is 40.2 Å². The number of hydrogen-bond acceptors (Lipinski definition) is 7.